The topological polar surface area (TPSA) is 55.2 Å². The summed E-state index contributed by atoms with van der Waals surface area (Å²) in [5.41, 5.74) is 1.91. The van der Waals surface area contributed by atoms with Gasteiger partial charge < -0.3 is 4.90 Å². The normalized spacial score (nSPS) is 10.8. The van der Waals surface area contributed by atoms with Crippen molar-refractivity contribution in [2.45, 2.75) is 20.8 Å². The van der Waals surface area contributed by atoms with E-state index >= 15 is 0 Å². The third-order valence-electron chi connectivity index (χ3n) is 4.37. The van der Waals surface area contributed by atoms with Gasteiger partial charge in [-0.2, -0.15) is 0 Å². The van der Waals surface area contributed by atoms with E-state index in [0.29, 0.717) is 41.1 Å². The van der Waals surface area contributed by atoms with Crippen LogP contribution < -0.4 is 5.56 Å². The van der Waals surface area contributed by atoms with Gasteiger partial charge in [0.1, 0.15) is 5.82 Å². The first-order valence-corrected chi connectivity index (χ1v) is 8.45. The fourth-order valence-electron chi connectivity index (χ4n) is 2.99. The standard InChI is InChI=1S/C20H21N3O2/c1-4-22(5-2)19(24)15-10-12-16(13-11-15)23-14(3)21-18-9-7-6-8-17(18)20(23)25/h6-13H,4-5H2,1-3H3. The molecule has 0 aliphatic carbocycles. The van der Waals surface area contributed by atoms with Crippen LogP contribution >= 0.6 is 0 Å². The zero-order valence-corrected chi connectivity index (χ0v) is 14.7. The van der Waals surface area contributed by atoms with Gasteiger partial charge in [-0.25, -0.2) is 4.98 Å². The minimum atomic E-state index is -0.106. The highest BCUT2D eigenvalue weighted by atomic mass is 16.2. The van der Waals surface area contributed by atoms with E-state index in [2.05, 4.69) is 4.98 Å². The Labute approximate surface area is 146 Å². The van der Waals surface area contributed by atoms with E-state index < -0.39 is 0 Å². The van der Waals surface area contributed by atoms with Gasteiger partial charge in [0.25, 0.3) is 11.5 Å². The summed E-state index contributed by atoms with van der Waals surface area (Å²) in [6.45, 7) is 7.07. The lowest BCUT2D eigenvalue weighted by Crippen LogP contribution is -2.30. The van der Waals surface area contributed by atoms with Crippen molar-refractivity contribution >= 4 is 16.8 Å². The molecule has 0 aliphatic rings. The van der Waals surface area contributed by atoms with Crippen LogP contribution in [0, 0.1) is 6.92 Å². The van der Waals surface area contributed by atoms with Gasteiger partial charge in [0.2, 0.25) is 0 Å². The summed E-state index contributed by atoms with van der Waals surface area (Å²) in [6.07, 6.45) is 0. The molecule has 0 saturated heterocycles. The highest BCUT2D eigenvalue weighted by molar-refractivity contribution is 5.94. The first-order chi connectivity index (χ1) is 12.1. The second-order valence-corrected chi connectivity index (χ2v) is 5.84. The molecule has 0 N–H and O–H groups in total. The highest BCUT2D eigenvalue weighted by Gasteiger charge is 2.14. The van der Waals surface area contributed by atoms with Gasteiger partial charge in [-0.15, -0.1) is 0 Å². The average Bonchev–Trinajstić information content (AvgIpc) is 2.63. The number of carbonyl (C=O) groups excluding carboxylic acids is 1. The molecule has 5 nitrogen and oxygen atoms in total. The second kappa shape index (κ2) is 6.89. The number of rotatable bonds is 4. The quantitative estimate of drug-likeness (QED) is 0.736. The van der Waals surface area contributed by atoms with E-state index in [1.54, 1.807) is 39.8 Å². The van der Waals surface area contributed by atoms with Crippen molar-refractivity contribution in [1.29, 1.82) is 0 Å². The first-order valence-electron chi connectivity index (χ1n) is 8.45. The van der Waals surface area contributed by atoms with Crippen molar-refractivity contribution in [2.24, 2.45) is 0 Å². The summed E-state index contributed by atoms with van der Waals surface area (Å²) in [6, 6.07) is 14.4. The molecular formula is C20H21N3O2. The lowest BCUT2D eigenvalue weighted by Gasteiger charge is -2.19. The molecule has 0 bridgehead atoms. The van der Waals surface area contributed by atoms with E-state index in [1.165, 1.54) is 0 Å². The number of aryl methyl sites for hydroxylation is 1. The Bertz CT molecular complexity index is 970. The number of hydrogen-bond acceptors (Lipinski definition) is 3. The average molecular weight is 335 g/mol. The van der Waals surface area contributed by atoms with E-state index in [0.717, 1.165) is 0 Å². The molecule has 128 valence electrons. The van der Waals surface area contributed by atoms with Crippen molar-refractivity contribution in [2.75, 3.05) is 13.1 Å². The van der Waals surface area contributed by atoms with Crippen LogP contribution in [0.25, 0.3) is 16.6 Å². The number of nitrogens with zero attached hydrogens (tertiary/aromatic N) is 3. The molecule has 0 spiro atoms. The number of carbonyl (C=O) groups is 1. The summed E-state index contributed by atoms with van der Waals surface area (Å²) in [7, 11) is 0. The van der Waals surface area contributed by atoms with Crippen molar-refractivity contribution in [3.05, 3.63) is 70.3 Å². The van der Waals surface area contributed by atoms with Crippen molar-refractivity contribution in [3.8, 4) is 5.69 Å². The number of benzene rings is 2. The first kappa shape index (κ1) is 16.9. The predicted molar refractivity (Wildman–Crippen MR) is 99.3 cm³/mol. The Morgan fingerprint density at radius 3 is 2.32 bits per heavy atom. The van der Waals surface area contributed by atoms with Gasteiger partial charge in [-0.05, 0) is 57.2 Å². The number of hydrogen-bond donors (Lipinski definition) is 0. The Kier molecular flexibility index (Phi) is 4.65. The van der Waals surface area contributed by atoms with E-state index in [4.69, 9.17) is 0 Å². The van der Waals surface area contributed by atoms with Gasteiger partial charge in [0.05, 0.1) is 16.6 Å². The molecule has 0 atom stereocenters. The Balaban J connectivity index is 2.05. The van der Waals surface area contributed by atoms with Crippen LogP contribution in [0.4, 0.5) is 0 Å². The highest BCUT2D eigenvalue weighted by Crippen LogP contribution is 2.14. The van der Waals surface area contributed by atoms with Crippen LogP contribution in [0.5, 0.6) is 0 Å². The molecule has 2 aromatic carbocycles. The maximum Gasteiger partial charge on any atom is 0.265 e. The van der Waals surface area contributed by atoms with Crippen molar-refractivity contribution < 1.29 is 4.79 Å². The molecule has 0 aliphatic heterocycles. The number of aromatic nitrogens is 2. The van der Waals surface area contributed by atoms with Crippen LogP contribution in [-0.4, -0.2) is 33.4 Å². The maximum atomic E-state index is 12.8. The fourth-order valence-corrected chi connectivity index (χ4v) is 2.99. The maximum absolute atomic E-state index is 12.8. The number of para-hydroxylation sites is 1. The lowest BCUT2D eigenvalue weighted by molar-refractivity contribution is 0.0773. The molecule has 3 rings (SSSR count). The molecule has 0 radical (unpaired) electrons. The van der Waals surface area contributed by atoms with Gasteiger partial charge >= 0.3 is 0 Å². The van der Waals surface area contributed by atoms with Gasteiger partial charge in [0.15, 0.2) is 0 Å². The third kappa shape index (κ3) is 3.05. The summed E-state index contributed by atoms with van der Waals surface area (Å²) in [4.78, 5) is 31.5. The van der Waals surface area contributed by atoms with Crippen LogP contribution in [0.3, 0.4) is 0 Å². The second-order valence-electron chi connectivity index (χ2n) is 5.84. The van der Waals surface area contributed by atoms with Crippen LogP contribution in [0.2, 0.25) is 0 Å². The summed E-state index contributed by atoms with van der Waals surface area (Å²) >= 11 is 0. The smallest absolute Gasteiger partial charge is 0.265 e. The molecule has 0 fully saturated rings. The molecule has 1 amide bonds. The van der Waals surface area contributed by atoms with E-state index in [-0.39, 0.29) is 11.5 Å². The predicted octanol–water partition coefficient (Wildman–Crippen LogP) is 3.18. The monoisotopic (exact) mass is 335 g/mol. The molecular weight excluding hydrogens is 314 g/mol. The van der Waals surface area contributed by atoms with Crippen LogP contribution in [0.1, 0.15) is 30.0 Å². The molecule has 1 heterocycles. The lowest BCUT2D eigenvalue weighted by atomic mass is 10.1. The zero-order valence-electron chi connectivity index (χ0n) is 14.7. The number of amides is 1. The Hall–Kier alpha value is -2.95. The van der Waals surface area contributed by atoms with Crippen molar-refractivity contribution in [1.82, 2.24) is 14.5 Å². The molecule has 0 unspecified atom stereocenters. The van der Waals surface area contributed by atoms with Gasteiger partial charge in [-0.1, -0.05) is 12.1 Å². The van der Waals surface area contributed by atoms with E-state index in [9.17, 15) is 9.59 Å². The summed E-state index contributed by atoms with van der Waals surface area (Å²) in [5, 5.41) is 0.580. The van der Waals surface area contributed by atoms with Crippen molar-refractivity contribution in [3.63, 3.8) is 0 Å². The summed E-state index contributed by atoms with van der Waals surface area (Å²) in [5.74, 6) is 0.615. The summed E-state index contributed by atoms with van der Waals surface area (Å²) < 4.78 is 1.58. The molecule has 1 aromatic heterocycles. The van der Waals surface area contributed by atoms with E-state index in [1.807, 2.05) is 39.0 Å². The number of fused-ring (bicyclic) bond motifs is 1. The third-order valence-corrected chi connectivity index (χ3v) is 4.37. The molecule has 3 aromatic rings. The Morgan fingerprint density at radius 1 is 1.04 bits per heavy atom. The van der Waals surface area contributed by atoms with Gasteiger partial charge in [-0.3, -0.25) is 14.2 Å². The van der Waals surface area contributed by atoms with Crippen LogP contribution in [0.15, 0.2) is 53.3 Å². The van der Waals surface area contributed by atoms with Gasteiger partial charge in [0, 0.05) is 18.7 Å². The van der Waals surface area contributed by atoms with Crippen LogP contribution in [-0.2, 0) is 0 Å². The Morgan fingerprint density at radius 2 is 1.68 bits per heavy atom. The minimum Gasteiger partial charge on any atom is -0.339 e. The zero-order chi connectivity index (χ0) is 18.0. The SMILES string of the molecule is CCN(CC)C(=O)c1ccc(-n2c(C)nc3ccccc3c2=O)cc1. The molecule has 25 heavy (non-hydrogen) atoms. The molecule has 0 saturated carbocycles. The molecule has 5 heteroatoms. The fraction of sp³-hybridized carbons (Fsp3) is 0.250. The largest absolute Gasteiger partial charge is 0.339 e. The minimum absolute atomic E-state index is 0.00254.